The largest absolute Gasteiger partial charge is 0.494 e. The van der Waals surface area contributed by atoms with Crippen molar-refractivity contribution in [1.82, 2.24) is 0 Å². The molecule has 84 valence electrons. The van der Waals surface area contributed by atoms with E-state index in [-0.39, 0.29) is 6.61 Å². The summed E-state index contributed by atoms with van der Waals surface area (Å²) >= 11 is 0. The van der Waals surface area contributed by atoms with Gasteiger partial charge in [-0.2, -0.15) is 0 Å². The summed E-state index contributed by atoms with van der Waals surface area (Å²) in [5.74, 6) is 1.71. The second kappa shape index (κ2) is 7.12. The number of benzene rings is 1. The Labute approximate surface area is 90.6 Å². The lowest BCUT2D eigenvalue weighted by Gasteiger charge is -2.07. The zero-order valence-corrected chi connectivity index (χ0v) is 9.11. The number of aliphatic hydroxyl groups excluding tert-OH is 1. The smallest absolute Gasteiger partial charge is 0.119 e. The maximum atomic E-state index is 8.59. The van der Waals surface area contributed by atoms with Crippen LogP contribution < -0.4 is 9.47 Å². The minimum atomic E-state index is 0.229. The van der Waals surface area contributed by atoms with E-state index in [0.717, 1.165) is 24.3 Å². The summed E-state index contributed by atoms with van der Waals surface area (Å²) in [6, 6.07) is 7.57. The first-order chi connectivity index (χ1) is 7.36. The zero-order chi connectivity index (χ0) is 10.9. The summed E-state index contributed by atoms with van der Waals surface area (Å²) < 4.78 is 10.8. The standard InChI is InChI=1S/C12H18O3/c1-2-14-11-5-7-12(8-6-11)15-10-4-3-9-13/h5-8,13H,2-4,9-10H2,1H3. The molecule has 1 aromatic rings. The molecule has 0 bridgehead atoms. The lowest BCUT2D eigenvalue weighted by atomic mass is 10.3. The number of hydrogen-bond donors (Lipinski definition) is 1. The molecule has 1 rings (SSSR count). The molecule has 0 saturated carbocycles. The third-order valence-electron chi connectivity index (χ3n) is 1.96. The second-order valence-corrected chi connectivity index (χ2v) is 3.18. The fourth-order valence-electron chi connectivity index (χ4n) is 1.20. The van der Waals surface area contributed by atoms with Crippen LogP contribution in [-0.2, 0) is 0 Å². The van der Waals surface area contributed by atoms with Gasteiger partial charge < -0.3 is 14.6 Å². The molecule has 0 aliphatic heterocycles. The first-order valence-electron chi connectivity index (χ1n) is 5.33. The molecule has 0 fully saturated rings. The second-order valence-electron chi connectivity index (χ2n) is 3.18. The van der Waals surface area contributed by atoms with Gasteiger partial charge in [0, 0.05) is 6.61 Å². The quantitative estimate of drug-likeness (QED) is 0.701. The maximum absolute atomic E-state index is 8.59. The van der Waals surface area contributed by atoms with Crippen LogP contribution in [0.5, 0.6) is 11.5 Å². The Morgan fingerprint density at radius 1 is 1.00 bits per heavy atom. The summed E-state index contributed by atoms with van der Waals surface area (Å²) in [6.07, 6.45) is 1.67. The molecule has 3 heteroatoms. The monoisotopic (exact) mass is 210 g/mol. The normalized spacial score (nSPS) is 10.0. The van der Waals surface area contributed by atoms with E-state index in [4.69, 9.17) is 14.6 Å². The van der Waals surface area contributed by atoms with Crippen molar-refractivity contribution in [2.24, 2.45) is 0 Å². The van der Waals surface area contributed by atoms with Crippen LogP contribution in [0.3, 0.4) is 0 Å². The van der Waals surface area contributed by atoms with Gasteiger partial charge in [0.05, 0.1) is 13.2 Å². The van der Waals surface area contributed by atoms with E-state index in [1.807, 2.05) is 31.2 Å². The van der Waals surface area contributed by atoms with Crippen LogP contribution in [0.2, 0.25) is 0 Å². The number of hydrogen-bond acceptors (Lipinski definition) is 3. The van der Waals surface area contributed by atoms with Crippen LogP contribution in [-0.4, -0.2) is 24.9 Å². The molecule has 0 atom stereocenters. The number of ether oxygens (including phenoxy) is 2. The van der Waals surface area contributed by atoms with Crippen molar-refractivity contribution < 1.29 is 14.6 Å². The minimum Gasteiger partial charge on any atom is -0.494 e. The van der Waals surface area contributed by atoms with Gasteiger partial charge >= 0.3 is 0 Å². The molecular formula is C12H18O3. The molecule has 0 saturated heterocycles. The fraction of sp³-hybridized carbons (Fsp3) is 0.500. The molecule has 1 aromatic carbocycles. The fourth-order valence-corrected chi connectivity index (χ4v) is 1.20. The molecule has 0 amide bonds. The average Bonchev–Trinajstić information content (AvgIpc) is 2.27. The molecule has 15 heavy (non-hydrogen) atoms. The van der Waals surface area contributed by atoms with Gasteiger partial charge in [0.1, 0.15) is 11.5 Å². The highest BCUT2D eigenvalue weighted by atomic mass is 16.5. The van der Waals surface area contributed by atoms with Gasteiger partial charge in [-0.15, -0.1) is 0 Å². The minimum absolute atomic E-state index is 0.229. The van der Waals surface area contributed by atoms with Crippen LogP contribution in [0.15, 0.2) is 24.3 Å². The van der Waals surface area contributed by atoms with Crippen LogP contribution >= 0.6 is 0 Å². The molecule has 0 aliphatic carbocycles. The predicted molar refractivity (Wildman–Crippen MR) is 59.4 cm³/mol. The van der Waals surface area contributed by atoms with Gasteiger partial charge in [-0.05, 0) is 44.0 Å². The SMILES string of the molecule is CCOc1ccc(OCCCCO)cc1. The van der Waals surface area contributed by atoms with Crippen LogP contribution in [0, 0.1) is 0 Å². The molecule has 0 heterocycles. The summed E-state index contributed by atoms with van der Waals surface area (Å²) in [7, 11) is 0. The molecular weight excluding hydrogens is 192 g/mol. The van der Waals surface area contributed by atoms with E-state index in [0.29, 0.717) is 13.2 Å². The van der Waals surface area contributed by atoms with Crippen molar-refractivity contribution in [3.63, 3.8) is 0 Å². The summed E-state index contributed by atoms with van der Waals surface area (Å²) in [6.45, 7) is 3.51. The Bertz CT molecular complexity index is 256. The van der Waals surface area contributed by atoms with Crippen molar-refractivity contribution in [1.29, 1.82) is 0 Å². The molecule has 0 aliphatic rings. The highest BCUT2D eigenvalue weighted by Crippen LogP contribution is 2.17. The van der Waals surface area contributed by atoms with Gasteiger partial charge in [0.2, 0.25) is 0 Å². The topological polar surface area (TPSA) is 38.7 Å². The molecule has 1 N–H and O–H groups in total. The number of rotatable bonds is 7. The van der Waals surface area contributed by atoms with Crippen LogP contribution in [0.25, 0.3) is 0 Å². The van der Waals surface area contributed by atoms with Gasteiger partial charge in [-0.25, -0.2) is 0 Å². The summed E-state index contributed by atoms with van der Waals surface area (Å²) in [5.41, 5.74) is 0. The van der Waals surface area contributed by atoms with Crippen molar-refractivity contribution in [2.45, 2.75) is 19.8 Å². The highest BCUT2D eigenvalue weighted by Gasteiger charge is 1.95. The van der Waals surface area contributed by atoms with E-state index in [1.54, 1.807) is 0 Å². The molecule has 0 spiro atoms. The average molecular weight is 210 g/mol. The van der Waals surface area contributed by atoms with Gasteiger partial charge in [-0.1, -0.05) is 0 Å². The Morgan fingerprint density at radius 3 is 2.13 bits per heavy atom. The first-order valence-corrected chi connectivity index (χ1v) is 5.33. The molecule has 0 aromatic heterocycles. The Morgan fingerprint density at radius 2 is 1.60 bits per heavy atom. The maximum Gasteiger partial charge on any atom is 0.119 e. The van der Waals surface area contributed by atoms with Crippen LogP contribution in [0.4, 0.5) is 0 Å². The van der Waals surface area contributed by atoms with Crippen LogP contribution in [0.1, 0.15) is 19.8 Å². The van der Waals surface area contributed by atoms with Gasteiger partial charge in [0.25, 0.3) is 0 Å². The van der Waals surface area contributed by atoms with Crippen molar-refractivity contribution >= 4 is 0 Å². The highest BCUT2D eigenvalue weighted by molar-refractivity contribution is 5.31. The third-order valence-corrected chi connectivity index (χ3v) is 1.96. The van der Waals surface area contributed by atoms with E-state index < -0.39 is 0 Å². The molecule has 3 nitrogen and oxygen atoms in total. The Balaban J connectivity index is 2.29. The Hall–Kier alpha value is -1.22. The predicted octanol–water partition coefficient (Wildman–Crippen LogP) is 2.24. The summed E-state index contributed by atoms with van der Waals surface area (Å²) in [4.78, 5) is 0. The first kappa shape index (κ1) is 11.9. The van der Waals surface area contributed by atoms with Gasteiger partial charge in [-0.3, -0.25) is 0 Å². The van der Waals surface area contributed by atoms with E-state index in [9.17, 15) is 0 Å². The molecule has 0 radical (unpaired) electrons. The lowest BCUT2D eigenvalue weighted by Crippen LogP contribution is -1.98. The lowest BCUT2D eigenvalue weighted by molar-refractivity contribution is 0.253. The van der Waals surface area contributed by atoms with Gasteiger partial charge in [0.15, 0.2) is 0 Å². The Kier molecular flexibility index (Phi) is 5.63. The number of unbranched alkanes of at least 4 members (excludes halogenated alkanes) is 1. The number of aliphatic hydroxyl groups is 1. The van der Waals surface area contributed by atoms with E-state index in [2.05, 4.69) is 0 Å². The third kappa shape index (κ3) is 4.70. The van der Waals surface area contributed by atoms with Crippen molar-refractivity contribution in [2.75, 3.05) is 19.8 Å². The molecule has 0 unspecified atom stereocenters. The van der Waals surface area contributed by atoms with Crippen molar-refractivity contribution in [3.8, 4) is 11.5 Å². The summed E-state index contributed by atoms with van der Waals surface area (Å²) in [5, 5.41) is 8.59. The zero-order valence-electron chi connectivity index (χ0n) is 9.11. The van der Waals surface area contributed by atoms with E-state index >= 15 is 0 Å². The van der Waals surface area contributed by atoms with E-state index in [1.165, 1.54) is 0 Å². The van der Waals surface area contributed by atoms with Crippen molar-refractivity contribution in [3.05, 3.63) is 24.3 Å².